The van der Waals surface area contributed by atoms with Crippen molar-refractivity contribution in [1.29, 1.82) is 0 Å². The average Bonchev–Trinajstić information content (AvgIpc) is 3.32. The fraction of sp³-hybridized carbons (Fsp3) is 0.231. The Morgan fingerprint density at radius 1 is 0.839 bits per heavy atom. The Morgan fingerprint density at radius 3 is 1.71 bits per heavy atom. The zero-order chi connectivity index (χ0) is 21.7. The van der Waals surface area contributed by atoms with Crippen LogP contribution in [0, 0.1) is 0 Å². The molecule has 1 atom stereocenters. The van der Waals surface area contributed by atoms with E-state index in [1.54, 1.807) is 0 Å². The van der Waals surface area contributed by atoms with Crippen LogP contribution in [0.5, 0.6) is 0 Å². The third-order valence-electron chi connectivity index (χ3n) is 5.98. The van der Waals surface area contributed by atoms with E-state index in [9.17, 15) is 14.7 Å². The van der Waals surface area contributed by atoms with Crippen LogP contribution in [0.15, 0.2) is 91.0 Å². The van der Waals surface area contributed by atoms with E-state index in [-0.39, 0.29) is 12.5 Å². The monoisotopic (exact) mass is 414 g/mol. The Morgan fingerprint density at radius 2 is 1.29 bits per heavy atom. The Bertz CT molecular complexity index is 926. The molecule has 3 aromatic rings. The van der Waals surface area contributed by atoms with Crippen LogP contribution in [-0.2, 0) is 15.1 Å². The summed E-state index contributed by atoms with van der Waals surface area (Å²) in [5.74, 6) is -1.14. The molecule has 1 unspecified atom stereocenters. The molecule has 1 aliphatic heterocycles. The maximum atomic E-state index is 13.1. The molecule has 31 heavy (non-hydrogen) atoms. The molecule has 3 aromatic carbocycles. The predicted octanol–water partition coefficient (Wildman–Crippen LogP) is 3.64. The lowest BCUT2D eigenvalue weighted by atomic mass is 9.77. The molecule has 0 spiro atoms. The fourth-order valence-corrected chi connectivity index (χ4v) is 4.50. The summed E-state index contributed by atoms with van der Waals surface area (Å²) in [6, 6.07) is 29.4. The van der Waals surface area contributed by atoms with Crippen molar-refractivity contribution in [3.63, 3.8) is 0 Å². The number of carbonyl (C=O) groups excluding carboxylic acids is 1. The molecule has 1 saturated heterocycles. The van der Waals surface area contributed by atoms with Gasteiger partial charge in [0.1, 0.15) is 6.04 Å². The molecule has 4 rings (SSSR count). The van der Waals surface area contributed by atoms with Gasteiger partial charge < -0.3 is 10.0 Å². The van der Waals surface area contributed by atoms with Crippen molar-refractivity contribution in [2.75, 3.05) is 13.1 Å². The first-order chi connectivity index (χ1) is 15.1. The third-order valence-corrected chi connectivity index (χ3v) is 5.98. The molecular formula is C26H26N2O3. The van der Waals surface area contributed by atoms with E-state index in [4.69, 9.17) is 0 Å². The Labute approximate surface area is 182 Å². The SMILES string of the molecule is O=C(O)C1CCCN1C(=O)CNC(c1ccccc1)(c1ccccc1)c1ccccc1. The van der Waals surface area contributed by atoms with Gasteiger partial charge >= 0.3 is 5.97 Å². The first-order valence-electron chi connectivity index (χ1n) is 10.6. The maximum absolute atomic E-state index is 13.1. The highest BCUT2D eigenvalue weighted by molar-refractivity contribution is 5.85. The summed E-state index contributed by atoms with van der Waals surface area (Å²) in [5.41, 5.74) is 2.28. The molecule has 1 aliphatic rings. The van der Waals surface area contributed by atoms with Gasteiger partial charge in [0, 0.05) is 6.54 Å². The lowest BCUT2D eigenvalue weighted by molar-refractivity contribution is -0.147. The van der Waals surface area contributed by atoms with E-state index >= 15 is 0 Å². The number of hydrogen-bond acceptors (Lipinski definition) is 3. The summed E-state index contributed by atoms with van der Waals surface area (Å²) in [6.45, 7) is 0.509. The molecule has 0 saturated carbocycles. The highest BCUT2D eigenvalue weighted by atomic mass is 16.4. The number of aliphatic carboxylic acids is 1. The lowest BCUT2D eigenvalue weighted by Gasteiger charge is -2.37. The van der Waals surface area contributed by atoms with Crippen molar-refractivity contribution < 1.29 is 14.7 Å². The van der Waals surface area contributed by atoms with Crippen LogP contribution < -0.4 is 5.32 Å². The third kappa shape index (κ3) is 4.09. The van der Waals surface area contributed by atoms with Gasteiger partial charge in [-0.25, -0.2) is 4.79 Å². The second-order valence-corrected chi connectivity index (χ2v) is 7.79. The van der Waals surface area contributed by atoms with Crippen molar-refractivity contribution in [3.05, 3.63) is 108 Å². The maximum Gasteiger partial charge on any atom is 0.326 e. The van der Waals surface area contributed by atoms with Crippen LogP contribution in [0.2, 0.25) is 0 Å². The van der Waals surface area contributed by atoms with Gasteiger partial charge in [-0.3, -0.25) is 10.1 Å². The number of carboxylic acid groups (broad SMARTS) is 1. The number of nitrogens with one attached hydrogen (secondary N) is 1. The first kappa shape index (κ1) is 20.8. The van der Waals surface area contributed by atoms with E-state index in [2.05, 4.69) is 5.32 Å². The van der Waals surface area contributed by atoms with Crippen molar-refractivity contribution >= 4 is 11.9 Å². The molecule has 0 aliphatic carbocycles. The van der Waals surface area contributed by atoms with Crippen LogP contribution in [0.3, 0.4) is 0 Å². The second kappa shape index (κ2) is 9.14. The predicted molar refractivity (Wildman–Crippen MR) is 120 cm³/mol. The minimum atomic E-state index is -0.939. The highest BCUT2D eigenvalue weighted by Gasteiger charge is 2.38. The molecule has 0 bridgehead atoms. The molecule has 0 aromatic heterocycles. The van der Waals surface area contributed by atoms with Crippen molar-refractivity contribution in [3.8, 4) is 0 Å². The van der Waals surface area contributed by atoms with E-state index in [0.29, 0.717) is 19.4 Å². The van der Waals surface area contributed by atoms with Gasteiger partial charge in [0.2, 0.25) is 5.91 Å². The van der Waals surface area contributed by atoms with Crippen molar-refractivity contribution in [2.45, 2.75) is 24.4 Å². The number of likely N-dealkylation sites (tertiary alicyclic amines) is 1. The number of rotatable bonds is 7. The topological polar surface area (TPSA) is 69.6 Å². The van der Waals surface area contributed by atoms with Gasteiger partial charge in [0.15, 0.2) is 0 Å². The summed E-state index contributed by atoms with van der Waals surface area (Å²) in [4.78, 5) is 26.2. The van der Waals surface area contributed by atoms with Gasteiger partial charge in [-0.05, 0) is 29.5 Å². The normalized spacial score (nSPS) is 16.3. The van der Waals surface area contributed by atoms with E-state index < -0.39 is 17.6 Å². The highest BCUT2D eigenvalue weighted by Crippen LogP contribution is 2.36. The van der Waals surface area contributed by atoms with E-state index in [0.717, 1.165) is 16.7 Å². The minimum absolute atomic E-state index is 0.0302. The van der Waals surface area contributed by atoms with E-state index in [1.807, 2.05) is 91.0 Å². The molecule has 5 heteroatoms. The fourth-order valence-electron chi connectivity index (χ4n) is 4.50. The van der Waals surface area contributed by atoms with Gasteiger partial charge in [0.25, 0.3) is 0 Å². The average molecular weight is 415 g/mol. The number of benzene rings is 3. The number of carboxylic acids is 1. The zero-order valence-electron chi connectivity index (χ0n) is 17.3. The molecule has 0 radical (unpaired) electrons. The number of carbonyl (C=O) groups is 2. The summed E-state index contributed by atoms with van der Waals surface area (Å²) in [5, 5.41) is 13.0. The van der Waals surface area contributed by atoms with Crippen molar-refractivity contribution in [2.24, 2.45) is 0 Å². The second-order valence-electron chi connectivity index (χ2n) is 7.79. The number of nitrogens with zero attached hydrogens (tertiary/aromatic N) is 1. The van der Waals surface area contributed by atoms with Crippen LogP contribution >= 0.6 is 0 Å². The molecule has 158 valence electrons. The summed E-state index contributed by atoms with van der Waals surface area (Å²) in [6.07, 6.45) is 1.21. The van der Waals surface area contributed by atoms with Crippen LogP contribution in [0.4, 0.5) is 0 Å². The molecule has 2 N–H and O–H groups in total. The lowest BCUT2D eigenvalue weighted by Crippen LogP contribution is -2.51. The minimum Gasteiger partial charge on any atom is -0.480 e. The van der Waals surface area contributed by atoms with E-state index in [1.165, 1.54) is 4.90 Å². The standard InChI is InChI=1S/C26H26N2O3/c29-24(28-18-10-17-23(28)25(30)31)19-27-26(20-11-4-1-5-12-20,21-13-6-2-7-14-21)22-15-8-3-9-16-22/h1-9,11-16,23,27H,10,17-19H2,(H,30,31). The van der Waals surface area contributed by atoms with Gasteiger partial charge in [-0.1, -0.05) is 91.0 Å². The van der Waals surface area contributed by atoms with Crippen LogP contribution in [0.25, 0.3) is 0 Å². The van der Waals surface area contributed by atoms with Crippen LogP contribution in [0.1, 0.15) is 29.5 Å². The Kier molecular flexibility index (Phi) is 6.14. The smallest absolute Gasteiger partial charge is 0.326 e. The van der Waals surface area contributed by atoms with Crippen LogP contribution in [-0.4, -0.2) is 41.0 Å². The number of amides is 1. The molecule has 1 fully saturated rings. The summed E-state index contributed by atoms with van der Waals surface area (Å²) < 4.78 is 0. The first-order valence-corrected chi connectivity index (χ1v) is 10.6. The van der Waals surface area contributed by atoms with Gasteiger partial charge in [-0.15, -0.1) is 0 Å². The summed E-state index contributed by atoms with van der Waals surface area (Å²) in [7, 11) is 0. The zero-order valence-corrected chi connectivity index (χ0v) is 17.3. The molecular weight excluding hydrogens is 388 g/mol. The Balaban J connectivity index is 1.76. The summed E-state index contributed by atoms with van der Waals surface area (Å²) >= 11 is 0. The quantitative estimate of drug-likeness (QED) is 0.579. The number of hydrogen-bond donors (Lipinski definition) is 2. The Hall–Kier alpha value is -3.44. The van der Waals surface area contributed by atoms with Gasteiger partial charge in [-0.2, -0.15) is 0 Å². The van der Waals surface area contributed by atoms with Crippen molar-refractivity contribution in [1.82, 2.24) is 10.2 Å². The molecule has 1 heterocycles. The molecule has 1 amide bonds. The largest absolute Gasteiger partial charge is 0.480 e. The molecule has 5 nitrogen and oxygen atoms in total. The van der Waals surface area contributed by atoms with Gasteiger partial charge in [0.05, 0.1) is 12.1 Å².